The molecular formula is C14H24N2O3S. The predicted octanol–water partition coefficient (Wildman–Crippen LogP) is 2.19. The molecule has 0 fully saturated rings. The van der Waals surface area contributed by atoms with Gasteiger partial charge >= 0.3 is 5.97 Å². The molecule has 0 saturated heterocycles. The average Bonchev–Trinajstić information content (AvgIpc) is 2.80. The number of ether oxygens (including phenoxy) is 1. The summed E-state index contributed by atoms with van der Waals surface area (Å²) in [4.78, 5) is 18.7. The van der Waals surface area contributed by atoms with Gasteiger partial charge in [0, 0.05) is 25.0 Å². The third-order valence-corrected chi connectivity index (χ3v) is 4.42. The van der Waals surface area contributed by atoms with Crippen LogP contribution in [0, 0.1) is 0 Å². The van der Waals surface area contributed by atoms with E-state index in [9.17, 15) is 4.79 Å². The topological polar surface area (TPSA) is 62.7 Å². The highest BCUT2D eigenvalue weighted by atomic mass is 32.1. The molecule has 0 amide bonds. The van der Waals surface area contributed by atoms with E-state index in [1.54, 1.807) is 18.4 Å². The van der Waals surface area contributed by atoms with E-state index >= 15 is 0 Å². The molecule has 1 rings (SSSR count). The van der Waals surface area contributed by atoms with Gasteiger partial charge in [0.1, 0.15) is 0 Å². The lowest BCUT2D eigenvalue weighted by molar-refractivity contribution is -0.136. The molecule has 20 heavy (non-hydrogen) atoms. The van der Waals surface area contributed by atoms with E-state index in [-0.39, 0.29) is 6.42 Å². The minimum absolute atomic E-state index is 0.147. The fourth-order valence-electron chi connectivity index (χ4n) is 2.00. The van der Waals surface area contributed by atoms with Gasteiger partial charge in [0.05, 0.1) is 23.7 Å². The number of aromatic nitrogens is 1. The maximum absolute atomic E-state index is 10.7. The monoisotopic (exact) mass is 300 g/mol. The number of nitrogens with zero attached hydrogens (tertiary/aromatic N) is 2. The smallest absolute Gasteiger partial charge is 0.303 e. The minimum Gasteiger partial charge on any atom is -0.481 e. The van der Waals surface area contributed by atoms with Gasteiger partial charge in [-0.15, -0.1) is 11.3 Å². The maximum Gasteiger partial charge on any atom is 0.303 e. The summed E-state index contributed by atoms with van der Waals surface area (Å²) in [5, 5.41) is 9.86. The zero-order chi connectivity index (χ0) is 15.0. The van der Waals surface area contributed by atoms with Gasteiger partial charge in [0.2, 0.25) is 0 Å². The Labute approximate surface area is 124 Å². The van der Waals surface area contributed by atoms with Crippen LogP contribution in [-0.4, -0.2) is 47.7 Å². The number of rotatable bonds is 10. The van der Waals surface area contributed by atoms with Crippen molar-refractivity contribution in [3.63, 3.8) is 0 Å². The molecule has 114 valence electrons. The summed E-state index contributed by atoms with van der Waals surface area (Å²) in [5.74, 6) is -0.772. The standard InChI is InChI=1S/C14H24N2O3S/c1-4-16(5-2)9-8-13-15-11(10-19-3)12(20-13)6-7-14(17)18/h4-10H2,1-3H3,(H,17,18). The van der Waals surface area contributed by atoms with Gasteiger partial charge in [-0.3, -0.25) is 4.79 Å². The van der Waals surface area contributed by atoms with Crippen LogP contribution in [0.25, 0.3) is 0 Å². The molecule has 0 radical (unpaired) electrons. The normalized spacial score (nSPS) is 11.2. The third kappa shape index (κ3) is 5.56. The van der Waals surface area contributed by atoms with Gasteiger partial charge < -0.3 is 14.7 Å². The molecule has 1 aromatic heterocycles. The first-order chi connectivity index (χ1) is 9.60. The highest BCUT2D eigenvalue weighted by molar-refractivity contribution is 7.11. The van der Waals surface area contributed by atoms with Crippen molar-refractivity contribution in [3.05, 3.63) is 15.6 Å². The van der Waals surface area contributed by atoms with Crippen molar-refractivity contribution in [2.75, 3.05) is 26.7 Å². The molecule has 1 N–H and O–H groups in total. The minimum atomic E-state index is -0.772. The van der Waals surface area contributed by atoms with Crippen LogP contribution >= 0.6 is 11.3 Å². The largest absolute Gasteiger partial charge is 0.481 e. The van der Waals surface area contributed by atoms with Crippen molar-refractivity contribution < 1.29 is 14.6 Å². The predicted molar refractivity (Wildman–Crippen MR) is 80.3 cm³/mol. The number of carboxylic acid groups (broad SMARTS) is 1. The molecule has 6 heteroatoms. The number of hydrogen-bond donors (Lipinski definition) is 1. The Kier molecular flexibility index (Phi) is 7.72. The molecule has 5 nitrogen and oxygen atoms in total. The maximum atomic E-state index is 10.7. The Morgan fingerprint density at radius 1 is 1.35 bits per heavy atom. The molecule has 1 heterocycles. The van der Waals surface area contributed by atoms with Crippen LogP contribution in [-0.2, 0) is 29.0 Å². The molecule has 0 atom stereocenters. The molecule has 0 unspecified atom stereocenters. The summed E-state index contributed by atoms with van der Waals surface area (Å²) in [6.07, 6.45) is 1.60. The van der Waals surface area contributed by atoms with Crippen LogP contribution in [0.2, 0.25) is 0 Å². The van der Waals surface area contributed by atoms with E-state index in [2.05, 4.69) is 23.7 Å². The molecule has 0 aliphatic rings. The lowest BCUT2D eigenvalue weighted by atomic mass is 10.2. The summed E-state index contributed by atoms with van der Waals surface area (Å²) < 4.78 is 5.14. The number of aryl methyl sites for hydroxylation is 1. The van der Waals surface area contributed by atoms with Gasteiger partial charge in [-0.2, -0.15) is 0 Å². The van der Waals surface area contributed by atoms with Crippen LogP contribution < -0.4 is 0 Å². The SMILES string of the molecule is CCN(CC)CCc1nc(COC)c(CCC(=O)O)s1. The van der Waals surface area contributed by atoms with Crippen LogP contribution in [0.15, 0.2) is 0 Å². The Hall–Kier alpha value is -0.980. The Morgan fingerprint density at radius 3 is 2.60 bits per heavy atom. The summed E-state index contributed by atoms with van der Waals surface area (Å²) in [6.45, 7) is 7.83. The Morgan fingerprint density at radius 2 is 2.05 bits per heavy atom. The number of carbonyl (C=O) groups is 1. The number of aliphatic carboxylic acids is 1. The molecule has 0 bridgehead atoms. The van der Waals surface area contributed by atoms with E-state index in [0.717, 1.165) is 41.6 Å². The van der Waals surface area contributed by atoms with E-state index in [4.69, 9.17) is 9.84 Å². The first-order valence-corrected chi connectivity index (χ1v) is 7.82. The van der Waals surface area contributed by atoms with Crippen molar-refractivity contribution in [2.24, 2.45) is 0 Å². The van der Waals surface area contributed by atoms with Crippen LogP contribution in [0.5, 0.6) is 0 Å². The molecule has 0 aromatic carbocycles. The first-order valence-electron chi connectivity index (χ1n) is 7.01. The van der Waals surface area contributed by atoms with Crippen molar-refractivity contribution in [1.82, 2.24) is 9.88 Å². The summed E-state index contributed by atoms with van der Waals surface area (Å²) in [7, 11) is 1.63. The van der Waals surface area contributed by atoms with Crippen molar-refractivity contribution in [1.29, 1.82) is 0 Å². The van der Waals surface area contributed by atoms with Gasteiger partial charge in [-0.25, -0.2) is 4.98 Å². The van der Waals surface area contributed by atoms with Gasteiger partial charge in [0.15, 0.2) is 0 Å². The van der Waals surface area contributed by atoms with Crippen molar-refractivity contribution >= 4 is 17.3 Å². The zero-order valence-electron chi connectivity index (χ0n) is 12.5. The van der Waals surface area contributed by atoms with Crippen LogP contribution in [0.4, 0.5) is 0 Å². The molecular weight excluding hydrogens is 276 g/mol. The molecule has 0 aliphatic heterocycles. The second kappa shape index (κ2) is 9.05. The number of thiazole rings is 1. The summed E-state index contributed by atoms with van der Waals surface area (Å²) in [6, 6.07) is 0. The lowest BCUT2D eigenvalue weighted by Crippen LogP contribution is -2.25. The highest BCUT2D eigenvalue weighted by Crippen LogP contribution is 2.22. The van der Waals surface area contributed by atoms with Crippen molar-refractivity contribution in [2.45, 2.75) is 39.7 Å². The number of hydrogen-bond acceptors (Lipinski definition) is 5. The second-order valence-electron chi connectivity index (χ2n) is 4.58. The number of carboxylic acids is 1. The van der Waals surface area contributed by atoms with E-state index in [1.807, 2.05) is 0 Å². The third-order valence-electron chi connectivity index (χ3n) is 3.21. The fraction of sp³-hybridized carbons (Fsp3) is 0.714. The molecule has 0 saturated carbocycles. The fourth-order valence-corrected chi connectivity index (χ4v) is 3.06. The van der Waals surface area contributed by atoms with E-state index < -0.39 is 5.97 Å². The Balaban J connectivity index is 2.67. The van der Waals surface area contributed by atoms with Crippen LogP contribution in [0.1, 0.15) is 35.8 Å². The van der Waals surface area contributed by atoms with Gasteiger partial charge in [0.25, 0.3) is 0 Å². The van der Waals surface area contributed by atoms with E-state index in [0.29, 0.717) is 13.0 Å². The number of likely N-dealkylation sites (N-methyl/N-ethyl adjacent to an activating group) is 1. The lowest BCUT2D eigenvalue weighted by Gasteiger charge is -2.16. The van der Waals surface area contributed by atoms with Gasteiger partial charge in [-0.05, 0) is 19.5 Å². The summed E-state index contributed by atoms with van der Waals surface area (Å²) >= 11 is 1.62. The van der Waals surface area contributed by atoms with Crippen molar-refractivity contribution in [3.8, 4) is 0 Å². The molecule has 1 aromatic rings. The quantitative estimate of drug-likeness (QED) is 0.717. The van der Waals surface area contributed by atoms with E-state index in [1.165, 1.54) is 0 Å². The second-order valence-corrected chi connectivity index (χ2v) is 5.75. The summed E-state index contributed by atoms with van der Waals surface area (Å²) in [5.41, 5.74) is 0.897. The zero-order valence-corrected chi connectivity index (χ0v) is 13.3. The Bertz CT molecular complexity index is 417. The van der Waals surface area contributed by atoms with Gasteiger partial charge in [-0.1, -0.05) is 13.8 Å². The molecule has 0 spiro atoms. The highest BCUT2D eigenvalue weighted by Gasteiger charge is 2.13. The molecule has 0 aliphatic carbocycles. The first kappa shape index (κ1) is 17.1. The number of methoxy groups -OCH3 is 1. The van der Waals surface area contributed by atoms with Crippen LogP contribution in [0.3, 0.4) is 0 Å². The average molecular weight is 300 g/mol.